The molecule has 3 aromatic rings. The number of likely N-dealkylation sites (tertiary alicyclic amines) is 1. The van der Waals surface area contributed by atoms with Gasteiger partial charge in [0.15, 0.2) is 5.78 Å². The number of amides is 1. The van der Waals surface area contributed by atoms with Crippen molar-refractivity contribution >= 4 is 28.9 Å². The van der Waals surface area contributed by atoms with Gasteiger partial charge in [-0.05, 0) is 44.1 Å². The summed E-state index contributed by atoms with van der Waals surface area (Å²) in [4.78, 5) is 31.4. The van der Waals surface area contributed by atoms with Gasteiger partial charge in [-0.2, -0.15) is 0 Å². The van der Waals surface area contributed by atoms with Crippen LogP contribution in [0.15, 0.2) is 48.5 Å². The van der Waals surface area contributed by atoms with Gasteiger partial charge in [0.2, 0.25) is 5.95 Å². The summed E-state index contributed by atoms with van der Waals surface area (Å²) in [7, 11) is 1.32. The first-order valence-electron chi connectivity index (χ1n) is 9.33. The number of aromatic nitrogens is 2. The van der Waals surface area contributed by atoms with E-state index in [9.17, 15) is 9.59 Å². The van der Waals surface area contributed by atoms with E-state index >= 15 is 0 Å². The van der Waals surface area contributed by atoms with Crippen LogP contribution in [0.4, 0.5) is 10.7 Å². The number of ether oxygens (including phenoxy) is 1. The molecule has 28 heavy (non-hydrogen) atoms. The van der Waals surface area contributed by atoms with Gasteiger partial charge in [0.25, 0.3) is 0 Å². The standard InChI is InChI=1S/C21H22N4O3/c1-28-21(27)23-20-22-17-13-16(19(26)15-7-3-2-4-8-15)9-10-18(17)25(20)14-24-11-5-6-12-24/h2-4,7-10,13H,5-6,11-12,14H2,1H3,(H,22,23,27). The zero-order valence-electron chi connectivity index (χ0n) is 15.7. The zero-order valence-corrected chi connectivity index (χ0v) is 15.7. The summed E-state index contributed by atoms with van der Waals surface area (Å²) < 4.78 is 6.68. The Balaban J connectivity index is 1.72. The molecular formula is C21H22N4O3. The smallest absolute Gasteiger partial charge is 0.413 e. The molecule has 0 aliphatic carbocycles. The number of methoxy groups -OCH3 is 1. The molecule has 0 unspecified atom stereocenters. The highest BCUT2D eigenvalue weighted by molar-refractivity contribution is 6.10. The first kappa shape index (κ1) is 18.2. The predicted molar refractivity (Wildman–Crippen MR) is 106 cm³/mol. The van der Waals surface area contributed by atoms with E-state index in [2.05, 4.69) is 15.2 Å². The topological polar surface area (TPSA) is 76.5 Å². The number of imidazole rings is 1. The number of nitrogens with one attached hydrogen (secondary N) is 1. The molecule has 0 radical (unpaired) electrons. The minimum Gasteiger partial charge on any atom is -0.453 e. The van der Waals surface area contributed by atoms with Crippen molar-refractivity contribution in [2.45, 2.75) is 19.5 Å². The highest BCUT2D eigenvalue weighted by Gasteiger charge is 2.19. The van der Waals surface area contributed by atoms with Crippen LogP contribution < -0.4 is 5.32 Å². The van der Waals surface area contributed by atoms with Crippen molar-refractivity contribution in [3.8, 4) is 0 Å². The van der Waals surface area contributed by atoms with Gasteiger partial charge in [0, 0.05) is 11.1 Å². The average Bonchev–Trinajstić information content (AvgIpc) is 3.36. The number of hydrogen-bond acceptors (Lipinski definition) is 5. The number of hydrogen-bond donors (Lipinski definition) is 1. The number of anilines is 1. The number of ketones is 1. The van der Waals surface area contributed by atoms with Gasteiger partial charge in [-0.25, -0.2) is 9.78 Å². The van der Waals surface area contributed by atoms with Gasteiger partial charge in [-0.3, -0.25) is 19.6 Å². The van der Waals surface area contributed by atoms with E-state index in [1.54, 1.807) is 18.2 Å². The van der Waals surface area contributed by atoms with E-state index in [4.69, 9.17) is 4.74 Å². The number of benzene rings is 2. The Hall–Kier alpha value is -3.19. The minimum absolute atomic E-state index is 0.0564. The van der Waals surface area contributed by atoms with Crippen LogP contribution in [0.25, 0.3) is 11.0 Å². The third-order valence-corrected chi connectivity index (χ3v) is 4.99. The SMILES string of the molecule is COC(=O)Nc1nc2cc(C(=O)c3ccccc3)ccc2n1CN1CCCC1. The van der Waals surface area contributed by atoms with Crippen LogP contribution in [0.3, 0.4) is 0 Å². The maximum absolute atomic E-state index is 12.8. The van der Waals surface area contributed by atoms with Crippen LogP contribution in [-0.4, -0.2) is 46.5 Å². The first-order valence-corrected chi connectivity index (χ1v) is 9.33. The van der Waals surface area contributed by atoms with E-state index in [1.165, 1.54) is 20.0 Å². The van der Waals surface area contributed by atoms with Crippen LogP contribution in [0.1, 0.15) is 28.8 Å². The van der Waals surface area contributed by atoms with E-state index in [0.29, 0.717) is 29.3 Å². The van der Waals surface area contributed by atoms with E-state index < -0.39 is 6.09 Å². The molecule has 1 aromatic heterocycles. The van der Waals surface area contributed by atoms with Gasteiger partial charge in [-0.1, -0.05) is 30.3 Å². The van der Waals surface area contributed by atoms with Gasteiger partial charge in [0.1, 0.15) is 0 Å². The molecule has 0 spiro atoms. The molecule has 0 bridgehead atoms. The predicted octanol–water partition coefficient (Wildman–Crippen LogP) is 3.50. The maximum atomic E-state index is 12.8. The van der Waals surface area contributed by atoms with Gasteiger partial charge in [-0.15, -0.1) is 0 Å². The number of nitrogens with zero attached hydrogens (tertiary/aromatic N) is 3. The quantitative estimate of drug-likeness (QED) is 0.688. The molecule has 1 amide bonds. The fourth-order valence-corrected chi connectivity index (χ4v) is 3.53. The van der Waals surface area contributed by atoms with Crippen LogP contribution >= 0.6 is 0 Å². The average molecular weight is 378 g/mol. The highest BCUT2D eigenvalue weighted by atomic mass is 16.5. The lowest BCUT2D eigenvalue weighted by atomic mass is 10.0. The molecule has 7 heteroatoms. The van der Waals surface area contributed by atoms with E-state index in [-0.39, 0.29) is 5.78 Å². The lowest BCUT2D eigenvalue weighted by Crippen LogP contribution is -2.25. The molecule has 2 aromatic carbocycles. The van der Waals surface area contributed by atoms with Crippen molar-refractivity contribution < 1.29 is 14.3 Å². The Morgan fingerprint density at radius 2 is 1.82 bits per heavy atom. The molecule has 0 atom stereocenters. The number of fused-ring (bicyclic) bond motifs is 1. The summed E-state index contributed by atoms with van der Waals surface area (Å²) in [5.74, 6) is 0.358. The second-order valence-corrected chi connectivity index (χ2v) is 6.85. The Morgan fingerprint density at radius 1 is 1.07 bits per heavy atom. The molecule has 4 rings (SSSR count). The third-order valence-electron chi connectivity index (χ3n) is 4.99. The highest BCUT2D eigenvalue weighted by Crippen LogP contribution is 2.24. The summed E-state index contributed by atoms with van der Waals surface area (Å²) in [6, 6.07) is 14.6. The monoisotopic (exact) mass is 378 g/mol. The molecule has 2 heterocycles. The molecular weight excluding hydrogens is 356 g/mol. The molecule has 1 saturated heterocycles. The summed E-state index contributed by atoms with van der Waals surface area (Å²) >= 11 is 0. The Bertz CT molecular complexity index is 1010. The molecule has 1 aliphatic heterocycles. The maximum Gasteiger partial charge on any atom is 0.413 e. The number of rotatable bonds is 5. The molecule has 7 nitrogen and oxygen atoms in total. The molecule has 144 valence electrons. The Kier molecular flexibility index (Phi) is 5.08. The van der Waals surface area contributed by atoms with Crippen LogP contribution in [0.5, 0.6) is 0 Å². The van der Waals surface area contributed by atoms with Crippen molar-refractivity contribution in [2.75, 3.05) is 25.5 Å². The van der Waals surface area contributed by atoms with Crippen molar-refractivity contribution in [3.63, 3.8) is 0 Å². The summed E-state index contributed by atoms with van der Waals surface area (Å²) in [5.41, 5.74) is 2.72. The summed E-state index contributed by atoms with van der Waals surface area (Å²) in [5, 5.41) is 2.68. The second kappa shape index (κ2) is 7.82. The fourth-order valence-electron chi connectivity index (χ4n) is 3.53. The minimum atomic E-state index is -0.571. The lowest BCUT2D eigenvalue weighted by molar-refractivity contribution is 0.103. The largest absolute Gasteiger partial charge is 0.453 e. The molecule has 1 fully saturated rings. The second-order valence-electron chi connectivity index (χ2n) is 6.85. The Morgan fingerprint density at radius 3 is 2.54 bits per heavy atom. The van der Waals surface area contributed by atoms with Gasteiger partial charge in [0.05, 0.1) is 24.8 Å². The fraction of sp³-hybridized carbons (Fsp3) is 0.286. The first-order chi connectivity index (χ1) is 13.7. The zero-order chi connectivity index (χ0) is 19.5. The normalized spacial score (nSPS) is 14.3. The van der Waals surface area contributed by atoms with Crippen molar-refractivity contribution in [3.05, 3.63) is 59.7 Å². The van der Waals surface area contributed by atoms with Crippen molar-refractivity contribution in [1.29, 1.82) is 0 Å². The van der Waals surface area contributed by atoms with Crippen LogP contribution in [-0.2, 0) is 11.4 Å². The summed E-state index contributed by atoms with van der Waals surface area (Å²) in [6.45, 7) is 2.66. The van der Waals surface area contributed by atoms with Crippen LogP contribution in [0.2, 0.25) is 0 Å². The molecule has 0 saturated carbocycles. The van der Waals surface area contributed by atoms with E-state index in [1.807, 2.05) is 34.9 Å². The molecule has 1 N–H and O–H groups in total. The Labute approximate surface area is 162 Å². The number of carbonyl (C=O) groups excluding carboxylic acids is 2. The summed E-state index contributed by atoms with van der Waals surface area (Å²) in [6.07, 6.45) is 1.77. The molecule has 1 aliphatic rings. The number of carbonyl (C=O) groups is 2. The van der Waals surface area contributed by atoms with Gasteiger partial charge >= 0.3 is 6.09 Å². The van der Waals surface area contributed by atoms with Crippen molar-refractivity contribution in [2.24, 2.45) is 0 Å². The lowest BCUT2D eigenvalue weighted by Gasteiger charge is -2.18. The van der Waals surface area contributed by atoms with Crippen LogP contribution in [0, 0.1) is 0 Å². The van der Waals surface area contributed by atoms with Crippen molar-refractivity contribution in [1.82, 2.24) is 14.5 Å². The van der Waals surface area contributed by atoms with Gasteiger partial charge < -0.3 is 4.74 Å². The third kappa shape index (κ3) is 3.61. The van der Waals surface area contributed by atoms with E-state index in [0.717, 1.165) is 18.6 Å².